The van der Waals surface area contributed by atoms with E-state index in [0.717, 1.165) is 24.2 Å². The number of amides is 1. The molecular formula is C31H29ClN10O3. The lowest BCUT2D eigenvalue weighted by atomic mass is 9.99. The molecule has 7 rings (SSSR count). The molecule has 3 aliphatic rings. The Labute approximate surface area is 263 Å². The van der Waals surface area contributed by atoms with E-state index < -0.39 is 0 Å². The summed E-state index contributed by atoms with van der Waals surface area (Å²) in [6, 6.07) is 15.9. The van der Waals surface area contributed by atoms with Crippen LogP contribution in [0.2, 0.25) is 5.02 Å². The summed E-state index contributed by atoms with van der Waals surface area (Å²) in [5.41, 5.74) is 3.31. The number of rotatable bonds is 8. The number of methoxy groups -OCH3 is 1. The van der Waals surface area contributed by atoms with Crippen LogP contribution in [0.15, 0.2) is 42.6 Å². The normalized spacial score (nSPS) is 19.3. The molecule has 1 aliphatic carbocycles. The molecule has 2 aliphatic heterocycles. The molecule has 228 valence electrons. The zero-order valence-electron chi connectivity index (χ0n) is 24.4. The van der Waals surface area contributed by atoms with Crippen molar-refractivity contribution in [1.82, 2.24) is 24.9 Å². The third-order valence-electron chi connectivity index (χ3n) is 8.33. The van der Waals surface area contributed by atoms with E-state index in [1.807, 2.05) is 24.3 Å². The van der Waals surface area contributed by atoms with Gasteiger partial charge in [0.2, 0.25) is 11.9 Å². The van der Waals surface area contributed by atoms with Gasteiger partial charge in [-0.25, -0.2) is 4.98 Å². The number of halogens is 1. The number of fused-ring (bicyclic) bond motifs is 2. The van der Waals surface area contributed by atoms with Crippen LogP contribution in [0.5, 0.6) is 5.75 Å². The molecule has 4 heterocycles. The SMILES string of the molecule is COc1ccc(CN(c2nc(Nc3cc(C#N)cc(N4CC[C@H]5NC(=O)CO[C@@H]5C4)c3Cl)nn3c(C#N)cnc23)C2CC2)cc1. The highest BCUT2D eigenvalue weighted by atomic mass is 35.5. The number of piperidine rings is 1. The number of benzene rings is 2. The molecule has 14 heteroatoms. The standard InChI is InChI=1S/C31H29ClN10O3/c1-44-22-6-2-18(3-7-22)15-41(20-4-5-20)30-29-35-14-21(13-34)42(29)39-31(38-30)37-24-10-19(12-33)11-25(28(24)32)40-9-8-23-26(16-40)45-17-27(43)36-23/h2-3,6-7,10-11,14,20,23,26H,4-5,8-9,15-17H2,1H3,(H,36,43)(H,37,39)/t23-,26-/m1/s1. The molecule has 13 nitrogen and oxygen atoms in total. The smallest absolute Gasteiger partial charge is 0.247 e. The van der Waals surface area contributed by atoms with Crippen LogP contribution >= 0.6 is 11.6 Å². The van der Waals surface area contributed by atoms with E-state index >= 15 is 0 Å². The summed E-state index contributed by atoms with van der Waals surface area (Å²) < 4.78 is 12.6. The van der Waals surface area contributed by atoms with Gasteiger partial charge in [0.15, 0.2) is 17.2 Å². The van der Waals surface area contributed by atoms with Gasteiger partial charge in [0.25, 0.3) is 0 Å². The summed E-state index contributed by atoms with van der Waals surface area (Å²) in [4.78, 5) is 25.5. The summed E-state index contributed by atoms with van der Waals surface area (Å²) in [7, 11) is 1.64. The second-order valence-corrected chi connectivity index (χ2v) is 11.7. The minimum atomic E-state index is -0.187. The summed E-state index contributed by atoms with van der Waals surface area (Å²) in [5.74, 6) is 1.45. The third kappa shape index (κ3) is 5.64. The minimum Gasteiger partial charge on any atom is -0.497 e. The molecule has 2 aromatic carbocycles. The van der Waals surface area contributed by atoms with Gasteiger partial charge in [-0.2, -0.15) is 20.0 Å². The van der Waals surface area contributed by atoms with Crippen LogP contribution in [0.4, 0.5) is 23.1 Å². The second kappa shape index (κ2) is 11.8. The lowest BCUT2D eigenvalue weighted by molar-refractivity contribution is -0.137. The Morgan fingerprint density at radius 3 is 2.76 bits per heavy atom. The summed E-state index contributed by atoms with van der Waals surface area (Å²) >= 11 is 7.00. The third-order valence-corrected chi connectivity index (χ3v) is 8.73. The number of anilines is 4. The Morgan fingerprint density at radius 1 is 1.20 bits per heavy atom. The Kier molecular flexibility index (Phi) is 7.49. The monoisotopic (exact) mass is 624 g/mol. The largest absolute Gasteiger partial charge is 0.497 e. The van der Waals surface area contributed by atoms with Crippen molar-refractivity contribution in [3.05, 3.63) is 64.4 Å². The highest BCUT2D eigenvalue weighted by Crippen LogP contribution is 2.39. The number of ether oxygens (including phenoxy) is 2. The van der Waals surface area contributed by atoms with Crippen molar-refractivity contribution in [3.63, 3.8) is 0 Å². The number of nitrogens with one attached hydrogen (secondary N) is 2. The number of carbonyl (C=O) groups is 1. The number of nitrogens with zero attached hydrogens (tertiary/aromatic N) is 8. The van der Waals surface area contributed by atoms with Gasteiger partial charge in [0, 0.05) is 25.7 Å². The zero-order valence-corrected chi connectivity index (χ0v) is 25.2. The molecule has 0 spiro atoms. The van der Waals surface area contributed by atoms with Crippen molar-refractivity contribution in [3.8, 4) is 17.9 Å². The topological polar surface area (TPSA) is 157 Å². The van der Waals surface area contributed by atoms with Crippen LogP contribution in [-0.2, 0) is 16.1 Å². The number of aromatic nitrogens is 4. The molecule has 4 aromatic rings. The van der Waals surface area contributed by atoms with E-state index in [4.69, 9.17) is 26.1 Å². The van der Waals surface area contributed by atoms with Crippen molar-refractivity contribution < 1.29 is 14.3 Å². The van der Waals surface area contributed by atoms with Crippen molar-refractivity contribution in [2.45, 2.75) is 44.0 Å². The van der Waals surface area contributed by atoms with Gasteiger partial charge in [-0.05, 0) is 49.1 Å². The van der Waals surface area contributed by atoms with E-state index in [1.54, 1.807) is 19.2 Å². The lowest BCUT2D eigenvalue weighted by Crippen LogP contribution is -2.59. The van der Waals surface area contributed by atoms with E-state index in [2.05, 4.69) is 42.7 Å². The first-order valence-corrected chi connectivity index (χ1v) is 15.0. The number of hydrogen-bond acceptors (Lipinski definition) is 11. The van der Waals surface area contributed by atoms with Gasteiger partial charge in [-0.3, -0.25) is 4.79 Å². The minimum absolute atomic E-state index is 0.0191. The molecule has 2 saturated heterocycles. The maximum Gasteiger partial charge on any atom is 0.247 e. The van der Waals surface area contributed by atoms with Crippen LogP contribution in [-0.4, -0.2) is 70.5 Å². The van der Waals surface area contributed by atoms with Gasteiger partial charge < -0.3 is 29.9 Å². The number of nitriles is 2. The Morgan fingerprint density at radius 2 is 2.02 bits per heavy atom. The van der Waals surface area contributed by atoms with E-state index in [-0.39, 0.29) is 42.3 Å². The maximum absolute atomic E-state index is 11.8. The average Bonchev–Trinajstić information content (AvgIpc) is 3.83. The average molecular weight is 625 g/mol. The number of hydrogen-bond donors (Lipinski definition) is 2. The number of imidazole rings is 1. The first-order chi connectivity index (χ1) is 21.9. The quantitative estimate of drug-likeness (QED) is 0.295. The predicted molar refractivity (Wildman–Crippen MR) is 166 cm³/mol. The molecule has 0 bridgehead atoms. The fourth-order valence-electron chi connectivity index (χ4n) is 5.90. The van der Waals surface area contributed by atoms with Crippen LogP contribution in [0.1, 0.15) is 36.1 Å². The highest BCUT2D eigenvalue weighted by Gasteiger charge is 2.36. The van der Waals surface area contributed by atoms with Gasteiger partial charge in [0.1, 0.15) is 18.4 Å². The lowest BCUT2D eigenvalue weighted by Gasteiger charge is -2.42. The molecule has 0 radical (unpaired) electrons. The van der Waals surface area contributed by atoms with E-state index in [0.29, 0.717) is 59.5 Å². The molecule has 2 atom stereocenters. The van der Waals surface area contributed by atoms with Gasteiger partial charge in [-0.15, -0.1) is 5.10 Å². The second-order valence-electron chi connectivity index (χ2n) is 11.3. The Bertz CT molecular complexity index is 1860. The first kappa shape index (κ1) is 28.6. The molecular weight excluding hydrogens is 596 g/mol. The molecule has 0 unspecified atom stereocenters. The number of carbonyl (C=O) groups excluding carboxylic acids is 1. The maximum atomic E-state index is 11.8. The van der Waals surface area contributed by atoms with E-state index in [9.17, 15) is 15.3 Å². The molecule has 1 saturated carbocycles. The predicted octanol–water partition coefficient (Wildman–Crippen LogP) is 3.54. The van der Waals surface area contributed by atoms with Crippen LogP contribution in [0.25, 0.3) is 5.65 Å². The summed E-state index contributed by atoms with van der Waals surface area (Å²) in [6.45, 7) is 1.72. The Balaban J connectivity index is 1.24. The zero-order chi connectivity index (χ0) is 31.1. The summed E-state index contributed by atoms with van der Waals surface area (Å²) in [6.07, 6.45) is 3.98. The van der Waals surface area contributed by atoms with Crippen molar-refractivity contribution in [1.29, 1.82) is 10.5 Å². The highest BCUT2D eigenvalue weighted by molar-refractivity contribution is 6.36. The van der Waals surface area contributed by atoms with Crippen molar-refractivity contribution in [2.75, 3.05) is 41.9 Å². The number of morpholine rings is 1. The molecule has 1 amide bonds. The van der Waals surface area contributed by atoms with Gasteiger partial charge >= 0.3 is 0 Å². The van der Waals surface area contributed by atoms with Gasteiger partial charge in [-0.1, -0.05) is 23.7 Å². The van der Waals surface area contributed by atoms with Crippen LogP contribution in [0, 0.1) is 22.7 Å². The molecule has 2 aromatic heterocycles. The first-order valence-electron chi connectivity index (χ1n) is 14.7. The van der Waals surface area contributed by atoms with Crippen molar-refractivity contribution in [2.24, 2.45) is 0 Å². The molecule has 3 fully saturated rings. The summed E-state index contributed by atoms with van der Waals surface area (Å²) in [5, 5.41) is 30.9. The Hall–Kier alpha value is -5.11. The van der Waals surface area contributed by atoms with Crippen LogP contribution in [0.3, 0.4) is 0 Å². The van der Waals surface area contributed by atoms with E-state index in [1.165, 1.54) is 10.7 Å². The molecule has 45 heavy (non-hydrogen) atoms. The fraction of sp³-hybridized carbons (Fsp3) is 0.355. The van der Waals surface area contributed by atoms with Crippen molar-refractivity contribution >= 4 is 46.3 Å². The molecule has 2 N–H and O–H groups in total. The van der Waals surface area contributed by atoms with Gasteiger partial charge in [0.05, 0.1) is 53.5 Å². The van der Waals surface area contributed by atoms with Crippen LogP contribution < -0.4 is 25.2 Å². The fourth-order valence-corrected chi connectivity index (χ4v) is 6.17.